The Morgan fingerprint density at radius 1 is 1.00 bits per heavy atom. The Balaban J connectivity index is 2.00. The molecule has 1 aromatic rings. The largest absolute Gasteiger partial charge is 0.274 e. The van der Waals surface area contributed by atoms with Crippen LogP contribution in [0.15, 0.2) is 29.3 Å². The molecule has 0 radical (unpaired) electrons. The van der Waals surface area contributed by atoms with Crippen LogP contribution in [0.3, 0.4) is 0 Å². The Morgan fingerprint density at radius 3 is 2.00 bits per heavy atom. The number of carbonyl (C=O) groups is 2. The monoisotopic (exact) mass is 395 g/mol. The van der Waals surface area contributed by atoms with Crippen LogP contribution in [0.2, 0.25) is 0 Å². The van der Waals surface area contributed by atoms with Gasteiger partial charge in [-0.25, -0.2) is 4.90 Å². The molecule has 0 spiro atoms. The van der Waals surface area contributed by atoms with Gasteiger partial charge in [0.25, 0.3) is 0 Å². The Morgan fingerprint density at radius 2 is 1.52 bits per heavy atom. The number of aryl methyl sites for hydroxylation is 1. The van der Waals surface area contributed by atoms with Crippen molar-refractivity contribution in [3.05, 3.63) is 38.5 Å². The molecule has 1 aliphatic heterocycles. The number of nitrogens with zero attached hydrogens (tertiary/aromatic N) is 1. The molecule has 3 rings (SSSR count). The van der Waals surface area contributed by atoms with Crippen molar-refractivity contribution in [1.29, 1.82) is 0 Å². The molecule has 2 atom stereocenters. The molecule has 0 unspecified atom stereocenters. The van der Waals surface area contributed by atoms with Gasteiger partial charge in [0.05, 0.1) is 17.5 Å². The van der Waals surface area contributed by atoms with Crippen LogP contribution in [0.1, 0.15) is 32.3 Å². The third-order valence-corrected chi connectivity index (χ3v) is 5.41. The van der Waals surface area contributed by atoms with Crippen molar-refractivity contribution in [2.24, 2.45) is 11.8 Å². The van der Waals surface area contributed by atoms with Gasteiger partial charge >= 0.3 is 0 Å². The van der Waals surface area contributed by atoms with Crippen LogP contribution in [-0.2, 0) is 9.59 Å². The van der Waals surface area contributed by atoms with Crippen LogP contribution in [0, 0.1) is 22.3 Å². The molecule has 1 saturated heterocycles. The topological polar surface area (TPSA) is 37.4 Å². The lowest BCUT2D eigenvalue weighted by Gasteiger charge is -2.23. The van der Waals surface area contributed by atoms with Gasteiger partial charge in [-0.05, 0) is 80.0 Å². The maximum absolute atomic E-state index is 12.7. The number of imide groups is 1. The van der Waals surface area contributed by atoms with Crippen LogP contribution in [0.4, 0.5) is 5.69 Å². The molecule has 4 heteroatoms. The number of allylic oxidation sites excluding steroid dienone is 2. The number of benzene rings is 1. The van der Waals surface area contributed by atoms with E-state index in [1.165, 1.54) is 16.0 Å². The molecule has 0 bridgehead atoms. The minimum absolute atomic E-state index is 0.0267. The highest BCUT2D eigenvalue weighted by molar-refractivity contribution is 14.1. The highest BCUT2D eigenvalue weighted by Gasteiger charge is 2.49. The summed E-state index contributed by atoms with van der Waals surface area (Å²) >= 11 is 2.24. The van der Waals surface area contributed by atoms with Crippen molar-refractivity contribution in [2.45, 2.75) is 33.6 Å². The number of hydrogen-bond acceptors (Lipinski definition) is 2. The van der Waals surface area contributed by atoms with E-state index in [4.69, 9.17) is 0 Å². The zero-order chi connectivity index (χ0) is 15.3. The highest BCUT2D eigenvalue weighted by atomic mass is 127. The summed E-state index contributed by atoms with van der Waals surface area (Å²) < 4.78 is 1.11. The molecule has 1 heterocycles. The first-order valence-corrected chi connectivity index (χ1v) is 8.27. The normalized spacial score (nSPS) is 25.6. The third kappa shape index (κ3) is 2.33. The first kappa shape index (κ1) is 14.8. The Hall–Kier alpha value is -1.17. The number of anilines is 1. The molecule has 21 heavy (non-hydrogen) atoms. The molecular formula is C17H18INO2. The first-order valence-electron chi connectivity index (χ1n) is 7.19. The SMILES string of the molecule is CC1=C(C)C[C@H]2C(=O)N(c3ccc(I)cc3C)C(=O)[C@@H]2C1. The summed E-state index contributed by atoms with van der Waals surface area (Å²) in [5.41, 5.74) is 4.25. The Labute approximate surface area is 138 Å². The van der Waals surface area contributed by atoms with Gasteiger partial charge in [0, 0.05) is 3.57 Å². The molecule has 3 nitrogen and oxygen atoms in total. The lowest BCUT2D eigenvalue weighted by molar-refractivity contribution is -0.122. The summed E-state index contributed by atoms with van der Waals surface area (Å²) in [5.74, 6) is -0.387. The molecule has 0 N–H and O–H groups in total. The van der Waals surface area contributed by atoms with Crippen molar-refractivity contribution in [2.75, 3.05) is 4.90 Å². The number of hydrogen-bond donors (Lipinski definition) is 0. The Bertz CT molecular complexity index is 645. The fraction of sp³-hybridized carbons (Fsp3) is 0.412. The van der Waals surface area contributed by atoms with Crippen LogP contribution < -0.4 is 4.90 Å². The minimum Gasteiger partial charge on any atom is -0.274 e. The van der Waals surface area contributed by atoms with Crippen molar-refractivity contribution in [1.82, 2.24) is 0 Å². The van der Waals surface area contributed by atoms with Crippen molar-refractivity contribution >= 4 is 40.1 Å². The molecule has 0 saturated carbocycles. The third-order valence-electron chi connectivity index (χ3n) is 4.74. The van der Waals surface area contributed by atoms with Gasteiger partial charge in [0.1, 0.15) is 0 Å². The molecule has 2 aliphatic rings. The van der Waals surface area contributed by atoms with E-state index in [2.05, 4.69) is 36.4 Å². The van der Waals surface area contributed by atoms with Crippen LogP contribution >= 0.6 is 22.6 Å². The maximum Gasteiger partial charge on any atom is 0.238 e. The standard InChI is InChI=1S/C17H18INO2/c1-9-7-13-14(8-10(9)2)17(21)19(16(13)20)15-5-4-12(18)6-11(15)3/h4-6,13-14H,7-8H2,1-3H3/t13-,14-/m1/s1. The van der Waals surface area contributed by atoms with Crippen molar-refractivity contribution in [3.63, 3.8) is 0 Å². The predicted molar refractivity (Wildman–Crippen MR) is 91.0 cm³/mol. The van der Waals surface area contributed by atoms with E-state index < -0.39 is 0 Å². The predicted octanol–water partition coefficient (Wildman–Crippen LogP) is 3.84. The van der Waals surface area contributed by atoms with E-state index in [-0.39, 0.29) is 23.7 Å². The number of fused-ring (bicyclic) bond motifs is 1. The fourth-order valence-corrected chi connectivity index (χ4v) is 4.01. The highest BCUT2D eigenvalue weighted by Crippen LogP contribution is 2.42. The summed E-state index contributed by atoms with van der Waals surface area (Å²) in [6, 6.07) is 5.84. The number of carbonyl (C=O) groups excluding carboxylic acids is 2. The second kappa shape index (κ2) is 5.23. The smallest absolute Gasteiger partial charge is 0.238 e. The van der Waals surface area contributed by atoms with Crippen LogP contribution in [0.5, 0.6) is 0 Å². The summed E-state index contributed by atoms with van der Waals surface area (Å²) in [6.45, 7) is 6.10. The molecule has 1 aromatic carbocycles. The summed E-state index contributed by atoms with van der Waals surface area (Å²) in [6.07, 6.45) is 1.45. The molecule has 0 aromatic heterocycles. The molecule has 1 aliphatic carbocycles. The summed E-state index contributed by atoms with van der Waals surface area (Å²) in [7, 11) is 0. The van der Waals surface area contributed by atoms with Gasteiger partial charge in [-0.1, -0.05) is 11.1 Å². The van der Waals surface area contributed by atoms with E-state index in [0.29, 0.717) is 0 Å². The average molecular weight is 395 g/mol. The van der Waals surface area contributed by atoms with Gasteiger partial charge in [-0.3, -0.25) is 9.59 Å². The maximum atomic E-state index is 12.7. The van der Waals surface area contributed by atoms with E-state index in [9.17, 15) is 9.59 Å². The molecule has 110 valence electrons. The van der Waals surface area contributed by atoms with Gasteiger partial charge in [-0.2, -0.15) is 0 Å². The fourth-order valence-electron chi connectivity index (χ4n) is 3.36. The van der Waals surface area contributed by atoms with Gasteiger partial charge < -0.3 is 0 Å². The molecule has 2 amide bonds. The van der Waals surface area contributed by atoms with E-state index >= 15 is 0 Å². The number of rotatable bonds is 1. The van der Waals surface area contributed by atoms with Crippen LogP contribution in [0.25, 0.3) is 0 Å². The second-order valence-corrected chi connectivity index (χ2v) is 7.37. The zero-order valence-corrected chi connectivity index (χ0v) is 14.6. The van der Waals surface area contributed by atoms with E-state index in [0.717, 1.165) is 27.7 Å². The summed E-state index contributed by atoms with van der Waals surface area (Å²) in [4.78, 5) is 26.9. The Kier molecular flexibility index (Phi) is 3.67. The molecular weight excluding hydrogens is 377 g/mol. The van der Waals surface area contributed by atoms with Crippen molar-refractivity contribution in [3.8, 4) is 0 Å². The number of amides is 2. The van der Waals surface area contributed by atoms with Gasteiger partial charge in [0.2, 0.25) is 11.8 Å². The number of halogens is 1. The first-order chi connectivity index (χ1) is 9.90. The second-order valence-electron chi connectivity index (χ2n) is 6.12. The van der Waals surface area contributed by atoms with Crippen LogP contribution in [-0.4, -0.2) is 11.8 Å². The summed E-state index contributed by atoms with van der Waals surface area (Å²) in [5, 5.41) is 0. The van der Waals surface area contributed by atoms with Gasteiger partial charge in [-0.15, -0.1) is 0 Å². The zero-order valence-electron chi connectivity index (χ0n) is 12.4. The lowest BCUT2D eigenvalue weighted by atomic mass is 9.78. The quantitative estimate of drug-likeness (QED) is 0.412. The molecule has 1 fully saturated rings. The van der Waals surface area contributed by atoms with E-state index in [1.54, 1.807) is 0 Å². The minimum atomic E-state index is -0.167. The van der Waals surface area contributed by atoms with E-state index in [1.807, 2.05) is 25.1 Å². The average Bonchev–Trinajstić information content (AvgIpc) is 2.64. The lowest BCUT2D eigenvalue weighted by Crippen LogP contribution is -2.31. The van der Waals surface area contributed by atoms with Crippen molar-refractivity contribution < 1.29 is 9.59 Å². The van der Waals surface area contributed by atoms with Gasteiger partial charge in [0.15, 0.2) is 0 Å².